The first-order chi connectivity index (χ1) is 10.2. The summed E-state index contributed by atoms with van der Waals surface area (Å²) in [4.78, 5) is 12.2. The second kappa shape index (κ2) is 7.99. The molecule has 1 unspecified atom stereocenters. The van der Waals surface area contributed by atoms with E-state index in [2.05, 4.69) is 6.92 Å². The lowest BCUT2D eigenvalue weighted by molar-refractivity contribution is 0.0483. The van der Waals surface area contributed by atoms with Gasteiger partial charge in [0.15, 0.2) is 5.78 Å². The minimum absolute atomic E-state index is 0.0136. The van der Waals surface area contributed by atoms with Crippen molar-refractivity contribution in [2.45, 2.75) is 52.1 Å². The van der Waals surface area contributed by atoms with Gasteiger partial charge in [0, 0.05) is 5.39 Å². The van der Waals surface area contributed by atoms with Crippen LogP contribution in [0, 0.1) is 0 Å². The first kappa shape index (κ1) is 15.8. The van der Waals surface area contributed by atoms with Gasteiger partial charge in [-0.1, -0.05) is 50.8 Å². The maximum Gasteiger partial charge on any atom is 0.192 e. The number of furan rings is 1. The highest BCUT2D eigenvalue weighted by Gasteiger charge is 2.14. The number of carbonyl (C=O) groups excluding carboxylic acids is 1. The van der Waals surface area contributed by atoms with Crippen LogP contribution in [0.5, 0.6) is 0 Å². The highest BCUT2D eigenvalue weighted by molar-refractivity contribution is 6.07. The number of ketones is 1. The van der Waals surface area contributed by atoms with Gasteiger partial charge >= 0.3 is 0 Å². The molecule has 0 spiro atoms. The number of ether oxygens (including phenoxy) is 1. The Bertz CT molecular complexity index is 571. The molecule has 114 valence electrons. The zero-order chi connectivity index (χ0) is 15.1. The Morgan fingerprint density at radius 3 is 2.86 bits per heavy atom. The summed E-state index contributed by atoms with van der Waals surface area (Å²) >= 11 is 0. The maximum absolute atomic E-state index is 12.2. The van der Waals surface area contributed by atoms with Crippen LogP contribution in [0.3, 0.4) is 0 Å². The molecule has 0 radical (unpaired) electrons. The molecule has 0 saturated heterocycles. The predicted molar refractivity (Wildman–Crippen MR) is 84.7 cm³/mol. The summed E-state index contributed by atoms with van der Waals surface area (Å²) in [5.41, 5.74) is 1.36. The second-order valence-electron chi connectivity index (χ2n) is 5.54. The Balaban J connectivity index is 1.82. The molecule has 0 saturated carbocycles. The van der Waals surface area contributed by atoms with Crippen molar-refractivity contribution in [1.29, 1.82) is 0 Å². The summed E-state index contributed by atoms with van der Waals surface area (Å²) in [6.45, 7) is 4.36. The summed E-state index contributed by atoms with van der Waals surface area (Å²) in [5.74, 6) is -0.0136. The molecule has 1 atom stereocenters. The standard InChI is InChI=1S/C18H24O3/c1-3-4-5-6-9-14(2)20-13-17(19)16-12-21-18-11-8-7-10-15(16)18/h7-8,10-12,14H,3-6,9,13H2,1-2H3. The van der Waals surface area contributed by atoms with Gasteiger partial charge in [0.25, 0.3) is 0 Å². The van der Waals surface area contributed by atoms with Crippen LogP contribution in [0.25, 0.3) is 11.0 Å². The van der Waals surface area contributed by atoms with Gasteiger partial charge < -0.3 is 9.15 Å². The zero-order valence-electron chi connectivity index (χ0n) is 12.9. The van der Waals surface area contributed by atoms with Gasteiger partial charge in [-0.2, -0.15) is 0 Å². The van der Waals surface area contributed by atoms with Crippen LogP contribution in [0.4, 0.5) is 0 Å². The highest BCUT2D eigenvalue weighted by Crippen LogP contribution is 2.21. The van der Waals surface area contributed by atoms with Crippen LogP contribution in [0.15, 0.2) is 34.9 Å². The molecular weight excluding hydrogens is 264 g/mol. The van der Waals surface area contributed by atoms with E-state index in [0.29, 0.717) is 5.56 Å². The lowest BCUT2D eigenvalue weighted by atomic mass is 10.1. The lowest BCUT2D eigenvalue weighted by Crippen LogP contribution is -2.15. The summed E-state index contributed by atoms with van der Waals surface area (Å²) in [6, 6.07) is 7.57. The second-order valence-corrected chi connectivity index (χ2v) is 5.54. The van der Waals surface area contributed by atoms with E-state index in [9.17, 15) is 4.79 Å². The number of para-hydroxylation sites is 1. The van der Waals surface area contributed by atoms with Gasteiger partial charge in [0.2, 0.25) is 0 Å². The third-order valence-electron chi connectivity index (χ3n) is 3.74. The Morgan fingerprint density at radius 2 is 2.05 bits per heavy atom. The van der Waals surface area contributed by atoms with E-state index in [4.69, 9.17) is 9.15 Å². The van der Waals surface area contributed by atoms with E-state index in [1.807, 2.05) is 31.2 Å². The number of Topliss-reactive ketones (excluding diaryl/α,β-unsaturated/α-hetero) is 1. The quantitative estimate of drug-likeness (QED) is 0.482. The number of fused-ring (bicyclic) bond motifs is 1. The molecule has 0 fully saturated rings. The fourth-order valence-electron chi connectivity index (χ4n) is 2.43. The number of hydrogen-bond acceptors (Lipinski definition) is 3. The van der Waals surface area contributed by atoms with Crippen LogP contribution in [-0.4, -0.2) is 18.5 Å². The van der Waals surface area contributed by atoms with Gasteiger partial charge in [-0.05, 0) is 19.4 Å². The zero-order valence-corrected chi connectivity index (χ0v) is 12.9. The molecule has 3 heteroatoms. The van der Waals surface area contributed by atoms with Crippen LogP contribution in [-0.2, 0) is 4.74 Å². The molecule has 0 bridgehead atoms. The van der Waals surface area contributed by atoms with Crippen molar-refractivity contribution < 1.29 is 13.9 Å². The molecule has 0 aliphatic carbocycles. The summed E-state index contributed by atoms with van der Waals surface area (Å²) in [6.07, 6.45) is 7.59. The largest absolute Gasteiger partial charge is 0.464 e. The van der Waals surface area contributed by atoms with Gasteiger partial charge in [-0.3, -0.25) is 4.79 Å². The molecule has 0 amide bonds. The van der Waals surface area contributed by atoms with Crippen molar-refractivity contribution in [1.82, 2.24) is 0 Å². The molecule has 0 N–H and O–H groups in total. The van der Waals surface area contributed by atoms with E-state index in [-0.39, 0.29) is 18.5 Å². The molecule has 1 aromatic heterocycles. The minimum Gasteiger partial charge on any atom is -0.464 e. The van der Waals surface area contributed by atoms with Gasteiger partial charge in [-0.15, -0.1) is 0 Å². The summed E-state index contributed by atoms with van der Waals surface area (Å²) in [7, 11) is 0. The number of carbonyl (C=O) groups is 1. The van der Waals surface area contributed by atoms with Crippen molar-refractivity contribution in [3.63, 3.8) is 0 Å². The number of benzene rings is 1. The normalized spacial score (nSPS) is 12.7. The summed E-state index contributed by atoms with van der Waals surface area (Å²) in [5, 5.41) is 0.863. The van der Waals surface area contributed by atoms with E-state index in [1.54, 1.807) is 0 Å². The SMILES string of the molecule is CCCCCCC(C)OCC(=O)c1coc2ccccc12. The molecule has 2 aromatic rings. The van der Waals surface area contributed by atoms with Crippen LogP contribution in [0.1, 0.15) is 56.3 Å². The van der Waals surface area contributed by atoms with E-state index >= 15 is 0 Å². The average molecular weight is 288 g/mol. The molecular formula is C18H24O3. The Labute approximate surface area is 126 Å². The molecule has 1 heterocycles. The van der Waals surface area contributed by atoms with Crippen LogP contribution < -0.4 is 0 Å². The van der Waals surface area contributed by atoms with Crippen molar-refractivity contribution in [3.05, 3.63) is 36.1 Å². The smallest absolute Gasteiger partial charge is 0.192 e. The topological polar surface area (TPSA) is 39.4 Å². The fraction of sp³-hybridized carbons (Fsp3) is 0.500. The highest BCUT2D eigenvalue weighted by atomic mass is 16.5. The molecule has 21 heavy (non-hydrogen) atoms. The Hall–Kier alpha value is -1.61. The first-order valence-electron chi connectivity index (χ1n) is 7.83. The van der Waals surface area contributed by atoms with Gasteiger partial charge in [0.05, 0.1) is 11.7 Å². The third-order valence-corrected chi connectivity index (χ3v) is 3.74. The predicted octanol–water partition coefficient (Wildman–Crippen LogP) is 4.99. The van der Waals surface area contributed by atoms with E-state index in [0.717, 1.165) is 23.8 Å². The van der Waals surface area contributed by atoms with Crippen LogP contribution >= 0.6 is 0 Å². The number of unbranched alkanes of at least 4 members (excludes halogenated alkanes) is 3. The Morgan fingerprint density at radius 1 is 1.24 bits per heavy atom. The number of rotatable bonds is 9. The fourth-order valence-corrected chi connectivity index (χ4v) is 2.43. The van der Waals surface area contributed by atoms with Crippen molar-refractivity contribution in [2.24, 2.45) is 0 Å². The van der Waals surface area contributed by atoms with Gasteiger partial charge in [-0.25, -0.2) is 0 Å². The lowest BCUT2D eigenvalue weighted by Gasteiger charge is -2.11. The molecule has 3 nitrogen and oxygen atoms in total. The average Bonchev–Trinajstić information content (AvgIpc) is 2.93. The molecule has 0 aliphatic rings. The van der Waals surface area contributed by atoms with Crippen molar-refractivity contribution in [3.8, 4) is 0 Å². The molecule has 2 rings (SSSR count). The monoisotopic (exact) mass is 288 g/mol. The van der Waals surface area contributed by atoms with Crippen molar-refractivity contribution >= 4 is 16.8 Å². The van der Waals surface area contributed by atoms with Crippen LogP contribution in [0.2, 0.25) is 0 Å². The van der Waals surface area contributed by atoms with Crippen molar-refractivity contribution in [2.75, 3.05) is 6.61 Å². The van der Waals surface area contributed by atoms with Gasteiger partial charge in [0.1, 0.15) is 18.5 Å². The third kappa shape index (κ3) is 4.43. The first-order valence-corrected chi connectivity index (χ1v) is 7.83. The van der Waals surface area contributed by atoms with E-state index < -0.39 is 0 Å². The number of hydrogen-bond donors (Lipinski definition) is 0. The molecule has 0 aliphatic heterocycles. The van der Waals surface area contributed by atoms with E-state index in [1.165, 1.54) is 25.5 Å². The summed E-state index contributed by atoms with van der Waals surface area (Å²) < 4.78 is 11.1. The Kier molecular flexibility index (Phi) is 6.00. The minimum atomic E-state index is -0.0136. The molecule has 1 aromatic carbocycles. The maximum atomic E-state index is 12.2.